The third-order valence-corrected chi connectivity index (χ3v) is 4.39. The standard InChI is InChI=1S/C14H27NO6Si/c1-3-16-14(17-4-2)11-22-6-5-15(20-9-12-7-18-12)21-10-13-8-19-13/h11-13H,3-10,22H2,1-2H3. The number of hydrogen-bond acceptors (Lipinski definition) is 7. The molecule has 7 nitrogen and oxygen atoms in total. The van der Waals surface area contributed by atoms with Crippen LogP contribution in [0.25, 0.3) is 0 Å². The van der Waals surface area contributed by atoms with Crippen LogP contribution in [0.15, 0.2) is 11.6 Å². The highest BCUT2D eigenvalue weighted by Gasteiger charge is 2.26. The molecule has 0 saturated carbocycles. The van der Waals surface area contributed by atoms with Gasteiger partial charge in [0, 0.05) is 6.54 Å². The van der Waals surface area contributed by atoms with Crippen molar-refractivity contribution < 1.29 is 28.6 Å². The van der Waals surface area contributed by atoms with Crippen molar-refractivity contribution in [1.82, 2.24) is 5.23 Å². The van der Waals surface area contributed by atoms with E-state index in [9.17, 15) is 0 Å². The van der Waals surface area contributed by atoms with Crippen molar-refractivity contribution in [1.29, 1.82) is 0 Å². The smallest absolute Gasteiger partial charge is 0.270 e. The molecule has 0 aromatic rings. The number of nitrogens with zero attached hydrogens (tertiary/aromatic N) is 1. The molecule has 8 heteroatoms. The summed E-state index contributed by atoms with van der Waals surface area (Å²) in [6.07, 6.45) is 0.450. The van der Waals surface area contributed by atoms with Crippen LogP contribution in [0.3, 0.4) is 0 Å². The largest absolute Gasteiger partial charge is 0.466 e. The highest BCUT2D eigenvalue weighted by atomic mass is 28.2. The van der Waals surface area contributed by atoms with Crippen molar-refractivity contribution in [3.05, 3.63) is 11.6 Å². The Labute approximate surface area is 134 Å². The molecule has 2 atom stereocenters. The molecule has 128 valence electrons. The second kappa shape index (κ2) is 10.2. The van der Waals surface area contributed by atoms with Crippen LogP contribution in [0.2, 0.25) is 6.04 Å². The van der Waals surface area contributed by atoms with Gasteiger partial charge in [-0.15, -0.1) is 0 Å². The second-order valence-corrected chi connectivity index (χ2v) is 6.78. The SMILES string of the molecule is CCOC(=C[SiH2]CCN(OCC1CO1)OCC1CO1)OCC. The molecule has 0 amide bonds. The predicted octanol–water partition coefficient (Wildman–Crippen LogP) is 0.408. The van der Waals surface area contributed by atoms with Crippen LogP contribution >= 0.6 is 0 Å². The van der Waals surface area contributed by atoms with E-state index in [1.54, 1.807) is 5.23 Å². The minimum atomic E-state index is -0.437. The number of hydrogen-bond donors (Lipinski definition) is 0. The Morgan fingerprint density at radius 3 is 2.09 bits per heavy atom. The molecule has 2 rings (SSSR count). The van der Waals surface area contributed by atoms with Crippen LogP contribution in [-0.4, -0.2) is 73.1 Å². The molecule has 0 N–H and O–H groups in total. The fourth-order valence-corrected chi connectivity index (χ4v) is 2.83. The molecule has 2 heterocycles. The average Bonchev–Trinajstić information content (AvgIpc) is 3.39. The van der Waals surface area contributed by atoms with Crippen molar-refractivity contribution in [2.24, 2.45) is 0 Å². The summed E-state index contributed by atoms with van der Waals surface area (Å²) in [6.45, 7) is 8.55. The fourth-order valence-electron chi connectivity index (χ4n) is 1.71. The lowest BCUT2D eigenvalue weighted by atomic mass is 10.5. The summed E-state index contributed by atoms with van der Waals surface area (Å²) in [5.41, 5.74) is 2.10. The van der Waals surface area contributed by atoms with E-state index in [4.69, 9.17) is 28.6 Å². The van der Waals surface area contributed by atoms with E-state index in [0.717, 1.165) is 25.8 Å². The van der Waals surface area contributed by atoms with E-state index in [2.05, 4.69) is 5.70 Å². The second-order valence-electron chi connectivity index (χ2n) is 5.09. The molecule has 0 aromatic carbocycles. The van der Waals surface area contributed by atoms with Crippen LogP contribution in [0, 0.1) is 0 Å². The van der Waals surface area contributed by atoms with E-state index < -0.39 is 9.52 Å². The third-order valence-electron chi connectivity index (χ3n) is 3.04. The Kier molecular flexibility index (Phi) is 8.20. The molecule has 0 aliphatic carbocycles. The Balaban J connectivity index is 1.62. The van der Waals surface area contributed by atoms with Gasteiger partial charge in [0.25, 0.3) is 5.95 Å². The normalized spacial score (nSPS) is 23.0. The van der Waals surface area contributed by atoms with E-state index in [0.29, 0.717) is 32.4 Å². The number of ether oxygens (including phenoxy) is 4. The van der Waals surface area contributed by atoms with E-state index in [1.807, 2.05) is 13.8 Å². The maximum Gasteiger partial charge on any atom is 0.270 e. The van der Waals surface area contributed by atoms with E-state index >= 15 is 0 Å². The molecular weight excluding hydrogens is 306 g/mol. The van der Waals surface area contributed by atoms with Gasteiger partial charge in [-0.2, -0.15) is 0 Å². The van der Waals surface area contributed by atoms with Crippen LogP contribution in [-0.2, 0) is 28.6 Å². The molecule has 0 aromatic heterocycles. The molecule has 0 radical (unpaired) electrons. The van der Waals surface area contributed by atoms with Gasteiger partial charge in [-0.25, -0.2) is 0 Å². The summed E-state index contributed by atoms with van der Waals surface area (Å²) in [4.78, 5) is 11.2. The first kappa shape index (κ1) is 17.7. The van der Waals surface area contributed by atoms with Gasteiger partial charge in [-0.05, 0) is 25.6 Å². The van der Waals surface area contributed by atoms with Crippen molar-refractivity contribution in [3.8, 4) is 0 Å². The summed E-state index contributed by atoms with van der Waals surface area (Å²) in [6, 6.07) is 1.01. The van der Waals surface area contributed by atoms with E-state index in [1.165, 1.54) is 0 Å². The third kappa shape index (κ3) is 8.11. The van der Waals surface area contributed by atoms with Crippen LogP contribution in [0.1, 0.15) is 13.8 Å². The molecule has 22 heavy (non-hydrogen) atoms. The topological polar surface area (TPSA) is 65.2 Å². The van der Waals surface area contributed by atoms with Gasteiger partial charge in [0.2, 0.25) is 0 Å². The molecule has 0 spiro atoms. The van der Waals surface area contributed by atoms with Crippen molar-refractivity contribution in [3.63, 3.8) is 0 Å². The van der Waals surface area contributed by atoms with Crippen molar-refractivity contribution in [2.75, 3.05) is 46.2 Å². The van der Waals surface area contributed by atoms with Crippen LogP contribution < -0.4 is 0 Å². The maximum atomic E-state index is 5.62. The van der Waals surface area contributed by atoms with Gasteiger partial charge in [0.05, 0.1) is 49.2 Å². The number of epoxide rings is 2. The van der Waals surface area contributed by atoms with Gasteiger partial charge in [0.1, 0.15) is 12.2 Å². The van der Waals surface area contributed by atoms with Crippen LogP contribution in [0.5, 0.6) is 0 Å². The minimum Gasteiger partial charge on any atom is -0.466 e. The molecular formula is C14H27NO6Si. The molecule has 0 bridgehead atoms. The first-order valence-corrected chi connectivity index (χ1v) is 9.85. The lowest BCUT2D eigenvalue weighted by molar-refractivity contribution is -0.367. The minimum absolute atomic E-state index is 0.225. The predicted molar refractivity (Wildman–Crippen MR) is 82.8 cm³/mol. The Morgan fingerprint density at radius 1 is 1.09 bits per heavy atom. The molecule has 2 aliphatic rings. The lowest BCUT2D eigenvalue weighted by Gasteiger charge is -2.20. The lowest BCUT2D eigenvalue weighted by Crippen LogP contribution is -2.29. The molecule has 2 unspecified atom stereocenters. The monoisotopic (exact) mass is 333 g/mol. The van der Waals surface area contributed by atoms with Gasteiger partial charge in [-0.1, -0.05) is 5.23 Å². The first-order valence-electron chi connectivity index (χ1n) is 8.04. The first-order chi connectivity index (χ1) is 10.8. The van der Waals surface area contributed by atoms with Gasteiger partial charge in [0.15, 0.2) is 0 Å². The quantitative estimate of drug-likeness (QED) is 0.150. The summed E-state index contributed by atoms with van der Waals surface area (Å²) < 4.78 is 21.1. The van der Waals surface area contributed by atoms with Gasteiger partial charge < -0.3 is 18.9 Å². The van der Waals surface area contributed by atoms with Crippen LogP contribution in [0.4, 0.5) is 0 Å². The Hall–Kier alpha value is -0.643. The summed E-state index contributed by atoms with van der Waals surface area (Å²) in [5.74, 6) is 0.655. The summed E-state index contributed by atoms with van der Waals surface area (Å²) >= 11 is 0. The van der Waals surface area contributed by atoms with E-state index in [-0.39, 0.29) is 12.2 Å². The Morgan fingerprint density at radius 2 is 1.64 bits per heavy atom. The summed E-state index contributed by atoms with van der Waals surface area (Å²) in [7, 11) is -0.437. The fraction of sp³-hybridized carbons (Fsp3) is 0.857. The zero-order valence-corrected chi connectivity index (χ0v) is 14.9. The highest BCUT2D eigenvalue weighted by molar-refractivity contribution is 6.42. The highest BCUT2D eigenvalue weighted by Crippen LogP contribution is 2.13. The molecule has 2 saturated heterocycles. The average molecular weight is 333 g/mol. The zero-order chi connectivity index (χ0) is 15.6. The number of rotatable bonds is 14. The molecule has 2 fully saturated rings. The number of hydroxylamine groups is 2. The Bertz CT molecular complexity index is 311. The molecule has 2 aliphatic heterocycles. The maximum absolute atomic E-state index is 5.62. The zero-order valence-electron chi connectivity index (χ0n) is 13.5. The summed E-state index contributed by atoms with van der Waals surface area (Å²) in [5, 5.41) is 1.57. The van der Waals surface area contributed by atoms with Gasteiger partial charge >= 0.3 is 0 Å². The van der Waals surface area contributed by atoms with Crippen molar-refractivity contribution in [2.45, 2.75) is 32.1 Å². The van der Waals surface area contributed by atoms with Crippen molar-refractivity contribution >= 4 is 9.52 Å². The van der Waals surface area contributed by atoms with Gasteiger partial charge in [-0.3, -0.25) is 9.68 Å².